The van der Waals surface area contributed by atoms with Crippen LogP contribution in [0.15, 0.2) is 47.4 Å². The molecular weight excluding hydrogens is 403 g/mol. The summed E-state index contributed by atoms with van der Waals surface area (Å²) in [6.45, 7) is 2.22. The van der Waals surface area contributed by atoms with Crippen molar-refractivity contribution in [2.75, 3.05) is 0 Å². The fraction of sp³-hybridized carbons (Fsp3) is 0.429. The van der Waals surface area contributed by atoms with Crippen molar-refractivity contribution in [2.24, 2.45) is 0 Å². The Labute approximate surface area is 210 Å². The van der Waals surface area contributed by atoms with E-state index in [-0.39, 0.29) is 57.1 Å². The predicted molar refractivity (Wildman–Crippen MR) is 104 cm³/mol. The Morgan fingerprint density at radius 1 is 0.929 bits per heavy atom. The second-order valence-electron chi connectivity index (χ2n) is 6.68. The van der Waals surface area contributed by atoms with Crippen LogP contribution in [0.1, 0.15) is 57.4 Å². The molecule has 0 heterocycles. The summed E-state index contributed by atoms with van der Waals surface area (Å²) in [7, 11) is -4.57. The van der Waals surface area contributed by atoms with E-state index in [4.69, 9.17) is 9.29 Å². The van der Waals surface area contributed by atoms with Gasteiger partial charge in [0, 0.05) is 0 Å². The van der Waals surface area contributed by atoms with Crippen molar-refractivity contribution >= 4 is 10.1 Å². The largest absolute Gasteiger partial charge is 1.00 e. The van der Waals surface area contributed by atoms with E-state index >= 15 is 0 Å². The van der Waals surface area contributed by atoms with Crippen LogP contribution in [0.2, 0.25) is 0 Å². The number of aryl methyl sites for hydroxylation is 1. The molecule has 7 heteroatoms. The second kappa shape index (κ2) is 13.0. The molecule has 0 saturated carbocycles. The van der Waals surface area contributed by atoms with Crippen molar-refractivity contribution in [1.29, 1.82) is 0 Å². The van der Waals surface area contributed by atoms with Gasteiger partial charge in [0.1, 0.15) is 11.5 Å². The third kappa shape index (κ3) is 8.53. The molecule has 0 saturated heterocycles. The van der Waals surface area contributed by atoms with Crippen LogP contribution in [0.4, 0.5) is 0 Å². The third-order valence-electron chi connectivity index (χ3n) is 4.44. The Kier molecular flexibility index (Phi) is 11.9. The van der Waals surface area contributed by atoms with Crippen LogP contribution in [0, 0.1) is 0 Å². The van der Waals surface area contributed by atoms with Crippen molar-refractivity contribution in [2.45, 2.75) is 63.2 Å². The van der Waals surface area contributed by atoms with Crippen LogP contribution in [-0.2, 0) is 16.5 Å². The van der Waals surface area contributed by atoms with Crippen LogP contribution < -0.4 is 61.2 Å². The average Bonchev–Trinajstić information content (AvgIpc) is 2.63. The summed E-state index contributed by atoms with van der Waals surface area (Å²) in [5.74, 6) is -0.542. The van der Waals surface area contributed by atoms with E-state index in [2.05, 4.69) is 6.92 Å². The summed E-state index contributed by atoms with van der Waals surface area (Å²) in [6.07, 6.45) is 9.86. The number of hydrogen-bond donors (Lipinski definition) is 1. The van der Waals surface area contributed by atoms with E-state index in [1.54, 1.807) is 12.1 Å². The van der Waals surface area contributed by atoms with Crippen molar-refractivity contribution < 1.29 is 74.2 Å². The van der Waals surface area contributed by atoms with E-state index in [0.29, 0.717) is 5.75 Å². The van der Waals surface area contributed by atoms with Crippen molar-refractivity contribution in [3.63, 3.8) is 0 Å². The van der Waals surface area contributed by atoms with Crippen LogP contribution >= 0.6 is 0 Å². The molecule has 0 aliphatic carbocycles. The van der Waals surface area contributed by atoms with Crippen molar-refractivity contribution in [3.05, 3.63) is 48.0 Å². The zero-order valence-electron chi connectivity index (χ0n) is 16.7. The summed E-state index contributed by atoms with van der Waals surface area (Å²) in [4.78, 5) is -0.685. The maximum atomic E-state index is 12.1. The van der Waals surface area contributed by atoms with E-state index in [1.807, 2.05) is 12.1 Å². The van der Waals surface area contributed by atoms with Gasteiger partial charge in [0.15, 0.2) is 0 Å². The number of hydrogen-bond acceptors (Lipinski definition) is 4. The zero-order chi connectivity index (χ0) is 19.7. The summed E-state index contributed by atoms with van der Waals surface area (Å²) in [5.41, 5.74) is 1.20. The summed E-state index contributed by atoms with van der Waals surface area (Å²) in [5, 5.41) is 12.1. The summed E-state index contributed by atoms with van der Waals surface area (Å²) < 4.78 is 37.0. The van der Waals surface area contributed by atoms with Gasteiger partial charge in [-0.25, -0.2) is 0 Å². The Bertz CT molecular complexity index is 819. The van der Waals surface area contributed by atoms with Gasteiger partial charge in [-0.2, -0.15) is 8.42 Å². The monoisotopic (exact) mass is 430 g/mol. The molecule has 1 N–H and O–H groups in total. The minimum absolute atomic E-state index is 0. The Hall–Kier alpha value is -0.414. The minimum atomic E-state index is -4.57. The Morgan fingerprint density at radius 3 is 2.14 bits per heavy atom. The third-order valence-corrected chi connectivity index (χ3v) is 5.32. The van der Waals surface area contributed by atoms with Gasteiger partial charge in [-0.3, -0.25) is 4.55 Å². The number of para-hydroxylation sites is 1. The smallest absolute Gasteiger partial charge is 0.869 e. The Morgan fingerprint density at radius 2 is 1.54 bits per heavy atom. The molecule has 28 heavy (non-hydrogen) atoms. The molecule has 2 rings (SSSR count). The van der Waals surface area contributed by atoms with Gasteiger partial charge in [-0.1, -0.05) is 63.6 Å². The number of benzene rings is 2. The fourth-order valence-electron chi connectivity index (χ4n) is 2.92. The zero-order valence-corrected chi connectivity index (χ0v) is 20.6. The molecule has 0 aliphatic rings. The summed E-state index contributed by atoms with van der Waals surface area (Å²) in [6, 6.07) is 11.2. The molecule has 0 radical (unpaired) electrons. The first-order valence-electron chi connectivity index (χ1n) is 9.46. The van der Waals surface area contributed by atoms with Crippen molar-refractivity contribution in [3.8, 4) is 17.2 Å². The van der Waals surface area contributed by atoms with Gasteiger partial charge in [0.05, 0.1) is 4.90 Å². The molecule has 0 unspecified atom stereocenters. The topological polar surface area (TPSA) is 86.7 Å². The van der Waals surface area contributed by atoms with Crippen molar-refractivity contribution in [1.82, 2.24) is 0 Å². The minimum Gasteiger partial charge on any atom is -0.869 e. The second-order valence-corrected chi connectivity index (χ2v) is 8.07. The first-order chi connectivity index (χ1) is 12.9. The molecule has 0 fully saturated rings. The average molecular weight is 431 g/mol. The standard InChI is InChI=1S/C21H28O5S.K/c1-2-3-4-5-6-7-8-10-17-13-15-18(16-14-17)26-19-11-9-12-20(21(19)22)27(23,24)25;/h9,11-16,22H,2-8,10H2,1H3,(H,23,24,25);/q;+1/p-1. The van der Waals surface area contributed by atoms with Crippen LogP contribution in [-0.4, -0.2) is 13.0 Å². The molecule has 148 valence electrons. The van der Waals surface area contributed by atoms with E-state index in [1.165, 1.54) is 56.2 Å². The molecular formula is C21H27KO5S. The Balaban J connectivity index is 0.00000392. The number of ether oxygens (including phenoxy) is 1. The quantitative estimate of drug-likeness (QED) is 0.335. The van der Waals surface area contributed by atoms with Crippen LogP contribution in [0.3, 0.4) is 0 Å². The molecule has 5 nitrogen and oxygen atoms in total. The van der Waals surface area contributed by atoms with Gasteiger partial charge in [0.2, 0.25) is 0 Å². The number of rotatable bonds is 11. The van der Waals surface area contributed by atoms with Gasteiger partial charge >= 0.3 is 51.4 Å². The molecule has 2 aromatic carbocycles. The van der Waals surface area contributed by atoms with Crippen LogP contribution in [0.25, 0.3) is 0 Å². The molecule has 0 amide bonds. The first kappa shape index (κ1) is 25.6. The van der Waals surface area contributed by atoms with Gasteiger partial charge < -0.3 is 9.84 Å². The molecule has 0 bridgehead atoms. The van der Waals surface area contributed by atoms with E-state index < -0.39 is 20.8 Å². The SMILES string of the molecule is CCCCCCCCCc1ccc(Oc2cccc(S(=O)(=O)O)c2[O-])cc1.[K+]. The maximum absolute atomic E-state index is 12.1. The predicted octanol–water partition coefficient (Wildman–Crippen LogP) is 2.10. The first-order valence-corrected chi connectivity index (χ1v) is 10.9. The number of unbranched alkanes of at least 4 members (excludes halogenated alkanes) is 6. The molecule has 0 aliphatic heterocycles. The summed E-state index contributed by atoms with van der Waals surface area (Å²) >= 11 is 0. The normalized spacial score (nSPS) is 11.1. The van der Waals surface area contributed by atoms with Crippen LogP contribution in [0.5, 0.6) is 17.2 Å². The van der Waals surface area contributed by atoms with E-state index in [9.17, 15) is 13.5 Å². The molecule has 0 atom stereocenters. The molecule has 2 aromatic rings. The molecule has 0 aromatic heterocycles. The van der Waals surface area contributed by atoms with E-state index in [0.717, 1.165) is 18.9 Å². The van der Waals surface area contributed by atoms with Gasteiger partial charge in [0.25, 0.3) is 10.1 Å². The van der Waals surface area contributed by atoms with Gasteiger partial charge in [-0.15, -0.1) is 0 Å². The van der Waals surface area contributed by atoms with Gasteiger partial charge in [-0.05, 0) is 48.4 Å². The molecule has 0 spiro atoms. The fourth-order valence-corrected chi connectivity index (χ4v) is 3.50. The maximum Gasteiger partial charge on any atom is 1.00 e.